The zero-order valence-electron chi connectivity index (χ0n) is 13.4. The minimum Gasteiger partial charge on any atom is -0.373 e. The normalized spacial score (nSPS) is 19.3. The van der Waals surface area contributed by atoms with E-state index in [0.717, 1.165) is 25.1 Å². The van der Waals surface area contributed by atoms with Crippen LogP contribution in [0.4, 0.5) is 5.69 Å². The highest BCUT2D eigenvalue weighted by atomic mass is 16.5. The Hall–Kier alpha value is -2.13. The predicted octanol–water partition coefficient (Wildman–Crippen LogP) is 3.59. The van der Waals surface area contributed by atoms with Gasteiger partial charge in [0, 0.05) is 12.2 Å². The van der Waals surface area contributed by atoms with E-state index < -0.39 is 0 Å². The number of para-hydroxylation sites is 1. The molecule has 2 aromatic rings. The van der Waals surface area contributed by atoms with Crippen LogP contribution in [-0.2, 0) is 22.4 Å². The highest BCUT2D eigenvalue weighted by Crippen LogP contribution is 2.35. The largest absolute Gasteiger partial charge is 0.373 e. The second kappa shape index (κ2) is 5.82. The maximum absolute atomic E-state index is 12.9. The summed E-state index contributed by atoms with van der Waals surface area (Å²) in [7, 11) is 0. The van der Waals surface area contributed by atoms with Crippen molar-refractivity contribution in [1.82, 2.24) is 0 Å². The molecule has 0 bridgehead atoms. The first-order chi connectivity index (χ1) is 11.2. The first-order valence-electron chi connectivity index (χ1n) is 8.32. The third-order valence-electron chi connectivity index (χ3n) is 4.95. The van der Waals surface area contributed by atoms with Crippen molar-refractivity contribution in [1.29, 1.82) is 0 Å². The van der Waals surface area contributed by atoms with Crippen LogP contribution in [0.15, 0.2) is 42.5 Å². The molecule has 23 heavy (non-hydrogen) atoms. The standard InChI is InChI=1S/C20H21NO2/c1-14-5-4-7-16-9-11-21(20(14)16)19(22)13-18-17-8-3-2-6-15(17)10-12-23-18/h2-8,18H,9-13H2,1H3/t18-/m0/s1. The van der Waals surface area contributed by atoms with Crippen LogP contribution in [0.3, 0.4) is 0 Å². The van der Waals surface area contributed by atoms with Gasteiger partial charge in [0.25, 0.3) is 0 Å². The summed E-state index contributed by atoms with van der Waals surface area (Å²) in [6.07, 6.45) is 2.20. The maximum atomic E-state index is 12.9. The fraction of sp³-hybridized carbons (Fsp3) is 0.350. The number of benzene rings is 2. The fourth-order valence-corrected chi connectivity index (χ4v) is 3.82. The van der Waals surface area contributed by atoms with Crippen molar-refractivity contribution < 1.29 is 9.53 Å². The summed E-state index contributed by atoms with van der Waals surface area (Å²) in [5.74, 6) is 0.166. The Bertz CT molecular complexity index is 753. The number of ether oxygens (including phenoxy) is 1. The highest BCUT2D eigenvalue weighted by molar-refractivity contribution is 5.96. The SMILES string of the molecule is Cc1cccc2c1N(C(=O)C[C@@H]1OCCc3ccccc31)CC2. The molecule has 2 heterocycles. The van der Waals surface area contributed by atoms with Crippen molar-refractivity contribution in [2.75, 3.05) is 18.1 Å². The molecule has 0 saturated carbocycles. The summed E-state index contributed by atoms with van der Waals surface area (Å²) in [6, 6.07) is 14.6. The molecule has 0 radical (unpaired) electrons. The molecule has 3 heteroatoms. The lowest BCUT2D eigenvalue weighted by molar-refractivity contribution is -0.121. The second-order valence-electron chi connectivity index (χ2n) is 6.39. The van der Waals surface area contributed by atoms with E-state index in [1.807, 2.05) is 11.0 Å². The predicted molar refractivity (Wildman–Crippen MR) is 90.7 cm³/mol. The number of fused-ring (bicyclic) bond motifs is 2. The summed E-state index contributed by atoms with van der Waals surface area (Å²) in [5.41, 5.74) is 6.06. The van der Waals surface area contributed by atoms with Gasteiger partial charge in [0.2, 0.25) is 5.91 Å². The van der Waals surface area contributed by atoms with Crippen molar-refractivity contribution in [2.24, 2.45) is 0 Å². The van der Waals surface area contributed by atoms with Crippen molar-refractivity contribution in [3.05, 3.63) is 64.7 Å². The van der Waals surface area contributed by atoms with Gasteiger partial charge in [-0.25, -0.2) is 0 Å². The lowest BCUT2D eigenvalue weighted by Crippen LogP contribution is -2.32. The summed E-state index contributed by atoms with van der Waals surface area (Å²) < 4.78 is 5.91. The number of rotatable bonds is 2. The molecule has 1 amide bonds. The molecule has 2 aliphatic heterocycles. The molecule has 0 aromatic heterocycles. The molecular formula is C20H21NO2. The van der Waals surface area contributed by atoms with Gasteiger partial charge in [-0.3, -0.25) is 4.79 Å². The first kappa shape index (κ1) is 14.5. The fourth-order valence-electron chi connectivity index (χ4n) is 3.82. The number of carbonyl (C=O) groups is 1. The van der Waals surface area contributed by atoms with Gasteiger partial charge in [0.1, 0.15) is 0 Å². The molecule has 1 atom stereocenters. The Morgan fingerprint density at radius 3 is 2.87 bits per heavy atom. The topological polar surface area (TPSA) is 29.5 Å². The lowest BCUT2D eigenvalue weighted by atomic mass is 9.95. The van der Waals surface area contributed by atoms with Crippen LogP contribution in [0.2, 0.25) is 0 Å². The van der Waals surface area contributed by atoms with Gasteiger partial charge in [0.05, 0.1) is 19.1 Å². The van der Waals surface area contributed by atoms with E-state index in [2.05, 4.69) is 43.3 Å². The van der Waals surface area contributed by atoms with E-state index in [-0.39, 0.29) is 12.0 Å². The van der Waals surface area contributed by atoms with Crippen LogP contribution >= 0.6 is 0 Å². The molecule has 118 valence electrons. The second-order valence-corrected chi connectivity index (χ2v) is 6.39. The summed E-state index contributed by atoms with van der Waals surface area (Å²) >= 11 is 0. The Labute approximate surface area is 136 Å². The monoisotopic (exact) mass is 307 g/mol. The molecule has 0 aliphatic carbocycles. The summed E-state index contributed by atoms with van der Waals surface area (Å²) in [6.45, 7) is 3.56. The molecule has 4 rings (SSSR count). The van der Waals surface area contributed by atoms with Gasteiger partial charge < -0.3 is 9.64 Å². The first-order valence-corrected chi connectivity index (χ1v) is 8.32. The van der Waals surface area contributed by atoms with Gasteiger partial charge in [0.15, 0.2) is 0 Å². The Kier molecular flexibility index (Phi) is 3.66. The molecule has 2 aromatic carbocycles. The van der Waals surface area contributed by atoms with Crippen LogP contribution in [0, 0.1) is 6.92 Å². The minimum absolute atomic E-state index is 0.111. The number of carbonyl (C=O) groups excluding carboxylic acids is 1. The van der Waals surface area contributed by atoms with E-state index >= 15 is 0 Å². The maximum Gasteiger partial charge on any atom is 0.229 e. The van der Waals surface area contributed by atoms with Crippen molar-refractivity contribution >= 4 is 11.6 Å². The van der Waals surface area contributed by atoms with Crippen molar-refractivity contribution in [2.45, 2.75) is 32.3 Å². The van der Waals surface area contributed by atoms with E-state index in [1.54, 1.807) is 0 Å². The van der Waals surface area contributed by atoms with Gasteiger partial charge in [-0.1, -0.05) is 42.5 Å². The van der Waals surface area contributed by atoms with Crippen molar-refractivity contribution in [3.63, 3.8) is 0 Å². The Morgan fingerprint density at radius 2 is 1.96 bits per heavy atom. The van der Waals surface area contributed by atoms with Gasteiger partial charge in [-0.2, -0.15) is 0 Å². The number of amides is 1. The average molecular weight is 307 g/mol. The lowest BCUT2D eigenvalue weighted by Gasteiger charge is -2.28. The smallest absolute Gasteiger partial charge is 0.229 e. The quantitative estimate of drug-likeness (QED) is 0.848. The molecule has 0 spiro atoms. The Morgan fingerprint density at radius 1 is 1.13 bits per heavy atom. The van der Waals surface area contributed by atoms with E-state index in [4.69, 9.17) is 4.74 Å². The number of aryl methyl sites for hydroxylation is 1. The van der Waals surface area contributed by atoms with E-state index in [1.165, 1.54) is 22.3 Å². The summed E-state index contributed by atoms with van der Waals surface area (Å²) in [5, 5.41) is 0. The van der Waals surface area contributed by atoms with E-state index in [9.17, 15) is 4.79 Å². The van der Waals surface area contributed by atoms with Crippen LogP contribution < -0.4 is 4.90 Å². The molecule has 0 saturated heterocycles. The zero-order chi connectivity index (χ0) is 15.8. The summed E-state index contributed by atoms with van der Waals surface area (Å²) in [4.78, 5) is 14.8. The Balaban J connectivity index is 1.57. The molecule has 0 fully saturated rings. The van der Waals surface area contributed by atoms with Crippen LogP contribution in [0.1, 0.15) is 34.8 Å². The molecule has 0 unspecified atom stereocenters. The number of anilines is 1. The minimum atomic E-state index is -0.111. The van der Waals surface area contributed by atoms with Gasteiger partial charge in [-0.05, 0) is 42.0 Å². The average Bonchev–Trinajstić information content (AvgIpc) is 3.01. The van der Waals surface area contributed by atoms with Gasteiger partial charge >= 0.3 is 0 Å². The third kappa shape index (κ3) is 2.55. The highest BCUT2D eigenvalue weighted by Gasteiger charge is 2.30. The molecule has 0 N–H and O–H groups in total. The number of hydrogen-bond acceptors (Lipinski definition) is 2. The molecule has 3 nitrogen and oxygen atoms in total. The number of hydrogen-bond donors (Lipinski definition) is 0. The van der Waals surface area contributed by atoms with Crippen LogP contribution in [0.25, 0.3) is 0 Å². The van der Waals surface area contributed by atoms with E-state index in [0.29, 0.717) is 13.0 Å². The van der Waals surface area contributed by atoms with Crippen molar-refractivity contribution in [3.8, 4) is 0 Å². The molecule has 2 aliphatic rings. The van der Waals surface area contributed by atoms with Crippen LogP contribution in [0.5, 0.6) is 0 Å². The number of nitrogens with zero attached hydrogens (tertiary/aromatic N) is 1. The zero-order valence-corrected chi connectivity index (χ0v) is 13.4. The van der Waals surface area contributed by atoms with Gasteiger partial charge in [-0.15, -0.1) is 0 Å². The molecular weight excluding hydrogens is 286 g/mol. The third-order valence-corrected chi connectivity index (χ3v) is 4.95. The van der Waals surface area contributed by atoms with Crippen LogP contribution in [-0.4, -0.2) is 19.1 Å².